The standard InChI is InChI=1S/C55H73NO17/c1-15-40-68-38-25-39-55(27-65-39,72-31(6)58)44-46(71-48(59)32-19-17-16-18-20-32)54(52(10,11)62)26-37(29(4)41(54)43(66-30(5)57)45(69-40)53(38,44)12)67-49(60)42-35(23-28(2)3)56(50(61)73-51(7,8)9)47(70-42)34-22-21-33(63-13)24-36(34)64-14/h15-22,24,28,35,37-40,42-47,49,60,62H,1,23,25-27H2,2-14H3/t35-,37-,38-,39+,40?,42+,43-,44-,45-,46-,47?,49?,53+,54-,55-/m0/s1. The molecule has 15 atom stereocenters. The lowest BCUT2D eigenvalue weighted by Gasteiger charge is -2.67. The quantitative estimate of drug-likeness (QED) is 0.0834. The molecule has 5 fully saturated rings. The van der Waals surface area contributed by atoms with Crippen LogP contribution in [0.3, 0.4) is 0 Å². The van der Waals surface area contributed by atoms with E-state index in [0.29, 0.717) is 34.6 Å². The highest BCUT2D eigenvalue weighted by Crippen LogP contribution is 2.70. The van der Waals surface area contributed by atoms with Gasteiger partial charge in [-0.15, -0.1) is 0 Å². The van der Waals surface area contributed by atoms with Crippen molar-refractivity contribution >= 4 is 24.0 Å². The van der Waals surface area contributed by atoms with Gasteiger partial charge >= 0.3 is 24.0 Å². The molecule has 3 aliphatic carbocycles. The fraction of sp³-hybridized carbons (Fsp3) is 0.636. The second-order valence-corrected chi connectivity index (χ2v) is 22.4. The number of amides is 1. The molecule has 2 saturated carbocycles. The number of ether oxygens (including phenoxy) is 11. The first-order valence-corrected chi connectivity index (χ1v) is 25.1. The number of methoxy groups -OCH3 is 2. The molecule has 2 aromatic carbocycles. The number of rotatable bonds is 14. The van der Waals surface area contributed by atoms with Gasteiger partial charge < -0.3 is 62.3 Å². The number of nitrogens with zero attached hydrogens (tertiary/aromatic N) is 1. The Bertz CT molecular complexity index is 2460. The van der Waals surface area contributed by atoms with Crippen LogP contribution in [0.25, 0.3) is 0 Å². The van der Waals surface area contributed by atoms with Crippen molar-refractivity contribution in [3.8, 4) is 11.5 Å². The molecule has 400 valence electrons. The van der Waals surface area contributed by atoms with Crippen molar-refractivity contribution in [1.29, 1.82) is 0 Å². The molecule has 8 rings (SSSR count). The predicted molar refractivity (Wildman–Crippen MR) is 261 cm³/mol. The first kappa shape index (κ1) is 54.2. The SMILES string of the molecule is C=CC1O[C@H]2C[C@H]3OC[C@@]3(OC(C)=O)[C@H]3[C@H](OC(=O)c4ccccc4)[C@]4(C(C)(C)O)C[C@H](OC(O)[C@@H]5OC(c6ccc(OC)cc6OC)N(C(=O)OC(C)(C)C)[C@H]5CC(C)C)C(C)=C4[C@H](OC(C)=O)[C@H](O1)[C@]23C. The second kappa shape index (κ2) is 19.9. The molecule has 2 N–H and O–H groups in total. The number of carbonyl (C=O) groups excluding carboxylic acids is 4. The number of aliphatic hydroxyl groups excluding tert-OH is 1. The Labute approximate surface area is 427 Å². The van der Waals surface area contributed by atoms with Crippen LogP contribution in [0.4, 0.5) is 4.79 Å². The molecule has 18 heteroatoms. The summed E-state index contributed by atoms with van der Waals surface area (Å²) in [4.78, 5) is 57.9. The number of esters is 3. The fourth-order valence-corrected chi connectivity index (χ4v) is 12.9. The summed E-state index contributed by atoms with van der Waals surface area (Å²) in [6.07, 6.45) is -10.6. The Morgan fingerprint density at radius 2 is 1.64 bits per heavy atom. The molecule has 3 heterocycles. The average Bonchev–Trinajstić information content (AvgIpc) is 3.80. The monoisotopic (exact) mass is 1020 g/mol. The minimum absolute atomic E-state index is 0.0361. The van der Waals surface area contributed by atoms with E-state index in [1.165, 1.54) is 39.0 Å². The number of benzene rings is 2. The van der Waals surface area contributed by atoms with Crippen LogP contribution in [0.5, 0.6) is 11.5 Å². The van der Waals surface area contributed by atoms with Gasteiger partial charge in [-0.25, -0.2) is 9.59 Å². The molecule has 3 saturated heterocycles. The largest absolute Gasteiger partial charge is 0.497 e. The molecule has 3 aliphatic heterocycles. The van der Waals surface area contributed by atoms with Gasteiger partial charge in [-0.1, -0.05) is 45.5 Å². The summed E-state index contributed by atoms with van der Waals surface area (Å²) in [6, 6.07) is 12.6. The summed E-state index contributed by atoms with van der Waals surface area (Å²) in [5.41, 5.74) is -6.00. The van der Waals surface area contributed by atoms with Crippen molar-refractivity contribution in [1.82, 2.24) is 4.90 Å². The molecule has 0 spiro atoms. The first-order chi connectivity index (χ1) is 34.3. The van der Waals surface area contributed by atoms with Gasteiger partial charge in [0.1, 0.15) is 41.5 Å². The third-order valence-corrected chi connectivity index (χ3v) is 15.8. The molecule has 73 heavy (non-hydrogen) atoms. The van der Waals surface area contributed by atoms with Gasteiger partial charge in [-0.2, -0.15) is 0 Å². The van der Waals surface area contributed by atoms with Gasteiger partial charge in [-0.3, -0.25) is 14.5 Å². The van der Waals surface area contributed by atoms with E-state index in [1.807, 2.05) is 20.8 Å². The fourth-order valence-electron chi connectivity index (χ4n) is 12.9. The zero-order valence-electron chi connectivity index (χ0n) is 44.2. The summed E-state index contributed by atoms with van der Waals surface area (Å²) in [5.74, 6) is -2.33. The Morgan fingerprint density at radius 1 is 0.945 bits per heavy atom. The number of fused-ring (bicyclic) bond motifs is 3. The molecule has 0 radical (unpaired) electrons. The third-order valence-electron chi connectivity index (χ3n) is 15.8. The lowest BCUT2D eigenvalue weighted by Crippen LogP contribution is -2.80. The van der Waals surface area contributed by atoms with Gasteiger partial charge in [0.15, 0.2) is 30.5 Å². The number of hydrogen-bond donors (Lipinski definition) is 2. The van der Waals surface area contributed by atoms with Crippen LogP contribution >= 0.6 is 0 Å². The first-order valence-electron chi connectivity index (χ1n) is 25.1. The van der Waals surface area contributed by atoms with Gasteiger partial charge in [0.05, 0.1) is 61.6 Å². The minimum Gasteiger partial charge on any atom is -0.497 e. The summed E-state index contributed by atoms with van der Waals surface area (Å²) in [7, 11) is 3.01. The van der Waals surface area contributed by atoms with Gasteiger partial charge in [0.25, 0.3) is 0 Å². The summed E-state index contributed by atoms with van der Waals surface area (Å²) >= 11 is 0. The topological polar surface area (TPSA) is 214 Å². The van der Waals surface area contributed by atoms with Gasteiger partial charge in [0.2, 0.25) is 0 Å². The highest BCUT2D eigenvalue weighted by Gasteiger charge is 2.81. The molecule has 1 amide bonds. The van der Waals surface area contributed by atoms with Crippen molar-refractivity contribution in [3.05, 3.63) is 83.5 Å². The van der Waals surface area contributed by atoms with Gasteiger partial charge in [-0.05, 0) is 102 Å². The lowest BCUT2D eigenvalue weighted by atomic mass is 9.49. The van der Waals surface area contributed by atoms with Crippen molar-refractivity contribution < 1.29 is 81.5 Å². The van der Waals surface area contributed by atoms with Crippen LogP contribution < -0.4 is 9.47 Å². The van der Waals surface area contributed by atoms with Crippen LogP contribution in [0.15, 0.2) is 72.3 Å². The molecule has 18 nitrogen and oxygen atoms in total. The highest BCUT2D eigenvalue weighted by molar-refractivity contribution is 5.89. The Morgan fingerprint density at radius 3 is 2.21 bits per heavy atom. The van der Waals surface area contributed by atoms with E-state index in [-0.39, 0.29) is 30.9 Å². The van der Waals surface area contributed by atoms with E-state index < -0.39 is 125 Å². The molecule has 0 aromatic heterocycles. The Balaban J connectivity index is 1.32. The predicted octanol–water partition coefficient (Wildman–Crippen LogP) is 7.13. The molecule has 3 unspecified atom stereocenters. The summed E-state index contributed by atoms with van der Waals surface area (Å²) in [5, 5.41) is 26.0. The van der Waals surface area contributed by atoms with E-state index in [1.54, 1.807) is 90.1 Å². The highest BCUT2D eigenvalue weighted by atomic mass is 16.7. The molecule has 6 aliphatic rings. The average molecular weight is 1020 g/mol. The lowest BCUT2D eigenvalue weighted by molar-refractivity contribution is -0.392. The van der Waals surface area contributed by atoms with E-state index in [2.05, 4.69) is 6.58 Å². The van der Waals surface area contributed by atoms with Gasteiger partial charge in [0, 0.05) is 37.3 Å². The van der Waals surface area contributed by atoms with Crippen molar-refractivity contribution in [2.45, 2.75) is 180 Å². The van der Waals surface area contributed by atoms with Crippen molar-refractivity contribution in [2.75, 3.05) is 20.8 Å². The van der Waals surface area contributed by atoms with E-state index >= 15 is 0 Å². The van der Waals surface area contributed by atoms with E-state index in [9.17, 15) is 29.4 Å². The Hall–Kier alpha value is -5.08. The van der Waals surface area contributed by atoms with Crippen LogP contribution in [0, 0.1) is 22.7 Å². The number of hydrogen-bond acceptors (Lipinski definition) is 17. The third kappa shape index (κ3) is 9.32. The molecular formula is C55H73NO17. The summed E-state index contributed by atoms with van der Waals surface area (Å²) < 4.78 is 70.6. The van der Waals surface area contributed by atoms with E-state index in [4.69, 9.17) is 52.1 Å². The van der Waals surface area contributed by atoms with Crippen molar-refractivity contribution in [2.24, 2.45) is 22.7 Å². The molecular weight excluding hydrogens is 947 g/mol. The molecule has 0 bridgehead atoms. The zero-order valence-corrected chi connectivity index (χ0v) is 44.2. The normalized spacial score (nSPS) is 35.1. The smallest absolute Gasteiger partial charge is 0.412 e. The molecule has 2 aromatic rings. The number of aliphatic hydroxyl groups is 2. The maximum absolute atomic E-state index is 14.9. The summed E-state index contributed by atoms with van der Waals surface area (Å²) in [6.45, 7) is 22.5. The zero-order chi connectivity index (χ0) is 53.3. The van der Waals surface area contributed by atoms with E-state index in [0.717, 1.165) is 0 Å². The van der Waals surface area contributed by atoms with Crippen LogP contribution in [0.2, 0.25) is 0 Å². The van der Waals surface area contributed by atoms with Crippen LogP contribution in [-0.2, 0) is 52.2 Å². The second-order valence-electron chi connectivity index (χ2n) is 22.4. The number of carbonyl (C=O) groups is 4. The van der Waals surface area contributed by atoms with Crippen LogP contribution in [-0.4, -0.2) is 138 Å². The Kier molecular flexibility index (Phi) is 14.8. The van der Waals surface area contributed by atoms with Crippen LogP contribution in [0.1, 0.15) is 118 Å². The van der Waals surface area contributed by atoms with Crippen molar-refractivity contribution in [3.63, 3.8) is 0 Å². The maximum atomic E-state index is 14.9. The maximum Gasteiger partial charge on any atom is 0.412 e. The minimum atomic E-state index is -1.90.